The lowest BCUT2D eigenvalue weighted by atomic mass is 10.1. The molecule has 104 valence electrons. The molecular formula is C17H14IN3. The number of anilines is 1. The van der Waals surface area contributed by atoms with Gasteiger partial charge in [0.25, 0.3) is 0 Å². The molecular weight excluding hydrogens is 373 g/mol. The van der Waals surface area contributed by atoms with Crippen molar-refractivity contribution in [3.05, 3.63) is 63.7 Å². The first-order chi connectivity index (χ1) is 10.1. The van der Waals surface area contributed by atoms with Crippen molar-refractivity contribution < 1.29 is 0 Å². The van der Waals surface area contributed by atoms with Crippen molar-refractivity contribution in [3.8, 4) is 22.6 Å². The van der Waals surface area contributed by atoms with Gasteiger partial charge in [0, 0.05) is 11.1 Å². The van der Waals surface area contributed by atoms with Gasteiger partial charge in [0.15, 0.2) is 5.82 Å². The largest absolute Gasteiger partial charge is 0.383 e. The minimum atomic E-state index is 0.515. The molecule has 0 radical (unpaired) electrons. The van der Waals surface area contributed by atoms with Gasteiger partial charge in [0.2, 0.25) is 0 Å². The van der Waals surface area contributed by atoms with Gasteiger partial charge < -0.3 is 5.73 Å². The van der Waals surface area contributed by atoms with E-state index in [1.165, 1.54) is 5.56 Å². The second-order valence-electron chi connectivity index (χ2n) is 4.83. The zero-order valence-electron chi connectivity index (χ0n) is 11.5. The molecule has 3 aromatic rings. The SMILES string of the molecule is Cc1cccc(-c2nc(N)c(I)c(-c3ccccc3)n2)c1. The first kappa shape index (κ1) is 14.0. The predicted octanol–water partition coefficient (Wildman–Crippen LogP) is 4.31. The number of aromatic nitrogens is 2. The number of rotatable bonds is 2. The van der Waals surface area contributed by atoms with Crippen molar-refractivity contribution in [2.24, 2.45) is 0 Å². The summed E-state index contributed by atoms with van der Waals surface area (Å²) < 4.78 is 0.884. The summed E-state index contributed by atoms with van der Waals surface area (Å²) in [5, 5.41) is 0. The lowest BCUT2D eigenvalue weighted by Crippen LogP contribution is -2.02. The number of nitrogens with two attached hydrogens (primary N) is 1. The van der Waals surface area contributed by atoms with Gasteiger partial charge in [-0.2, -0.15) is 0 Å². The van der Waals surface area contributed by atoms with E-state index in [2.05, 4.69) is 46.6 Å². The summed E-state index contributed by atoms with van der Waals surface area (Å²) in [6.45, 7) is 2.05. The van der Waals surface area contributed by atoms with E-state index in [1.54, 1.807) is 0 Å². The van der Waals surface area contributed by atoms with E-state index in [1.807, 2.05) is 42.5 Å². The van der Waals surface area contributed by atoms with E-state index in [-0.39, 0.29) is 0 Å². The second-order valence-corrected chi connectivity index (χ2v) is 5.91. The molecule has 2 aromatic carbocycles. The Bertz CT molecular complexity index is 785. The Hall–Kier alpha value is -1.95. The highest BCUT2D eigenvalue weighted by Gasteiger charge is 2.13. The lowest BCUT2D eigenvalue weighted by Gasteiger charge is -2.09. The van der Waals surface area contributed by atoms with Crippen LogP contribution in [0.3, 0.4) is 0 Å². The van der Waals surface area contributed by atoms with E-state index >= 15 is 0 Å². The number of nitrogens with zero attached hydrogens (tertiary/aromatic N) is 2. The van der Waals surface area contributed by atoms with Crippen LogP contribution in [0.4, 0.5) is 5.82 Å². The van der Waals surface area contributed by atoms with Gasteiger partial charge in [-0.05, 0) is 35.6 Å². The predicted molar refractivity (Wildman–Crippen MR) is 94.8 cm³/mol. The Balaban J connectivity index is 2.19. The maximum Gasteiger partial charge on any atom is 0.162 e. The van der Waals surface area contributed by atoms with E-state index in [4.69, 9.17) is 10.7 Å². The molecule has 0 aliphatic rings. The standard InChI is InChI=1S/C17H14IN3/c1-11-6-5-9-13(10-11)17-20-15(14(18)16(19)21-17)12-7-3-2-4-8-12/h2-10H,1H3,(H2,19,20,21). The molecule has 0 aliphatic heterocycles. The number of halogens is 1. The molecule has 0 bridgehead atoms. The molecule has 0 amide bonds. The molecule has 0 fully saturated rings. The molecule has 2 N–H and O–H groups in total. The highest BCUT2D eigenvalue weighted by atomic mass is 127. The molecule has 1 heterocycles. The molecule has 0 spiro atoms. The normalized spacial score (nSPS) is 10.6. The zero-order chi connectivity index (χ0) is 14.8. The molecule has 0 saturated heterocycles. The topological polar surface area (TPSA) is 51.8 Å². The zero-order valence-corrected chi connectivity index (χ0v) is 13.7. The summed E-state index contributed by atoms with van der Waals surface area (Å²) >= 11 is 2.20. The summed E-state index contributed by atoms with van der Waals surface area (Å²) in [6, 6.07) is 18.2. The van der Waals surface area contributed by atoms with Crippen LogP contribution in [0, 0.1) is 10.5 Å². The Morgan fingerprint density at radius 1 is 0.905 bits per heavy atom. The van der Waals surface area contributed by atoms with Crippen LogP contribution in [0.15, 0.2) is 54.6 Å². The summed E-state index contributed by atoms with van der Waals surface area (Å²) in [4.78, 5) is 9.15. The average Bonchev–Trinajstić information content (AvgIpc) is 2.51. The van der Waals surface area contributed by atoms with Gasteiger partial charge in [-0.3, -0.25) is 0 Å². The fraction of sp³-hybridized carbons (Fsp3) is 0.0588. The van der Waals surface area contributed by atoms with Gasteiger partial charge in [0.1, 0.15) is 5.82 Å². The summed E-state index contributed by atoms with van der Waals surface area (Å²) in [6.07, 6.45) is 0. The third-order valence-electron chi connectivity index (χ3n) is 3.20. The third kappa shape index (κ3) is 2.90. The smallest absolute Gasteiger partial charge is 0.162 e. The van der Waals surface area contributed by atoms with Crippen LogP contribution < -0.4 is 5.73 Å². The van der Waals surface area contributed by atoms with Gasteiger partial charge in [-0.25, -0.2) is 9.97 Å². The highest BCUT2D eigenvalue weighted by Crippen LogP contribution is 2.29. The summed E-state index contributed by atoms with van der Waals surface area (Å²) in [7, 11) is 0. The Morgan fingerprint density at radius 3 is 2.33 bits per heavy atom. The van der Waals surface area contributed by atoms with E-state index in [0.29, 0.717) is 11.6 Å². The van der Waals surface area contributed by atoms with Gasteiger partial charge >= 0.3 is 0 Å². The van der Waals surface area contributed by atoms with E-state index < -0.39 is 0 Å². The van der Waals surface area contributed by atoms with Crippen molar-refractivity contribution in [2.45, 2.75) is 6.92 Å². The van der Waals surface area contributed by atoms with Crippen LogP contribution >= 0.6 is 22.6 Å². The number of hydrogen-bond donors (Lipinski definition) is 1. The van der Waals surface area contributed by atoms with Crippen LogP contribution in [0.1, 0.15) is 5.56 Å². The molecule has 3 nitrogen and oxygen atoms in total. The maximum atomic E-state index is 6.08. The van der Waals surface area contributed by atoms with Gasteiger partial charge in [-0.1, -0.05) is 54.1 Å². The monoisotopic (exact) mass is 387 g/mol. The molecule has 0 aliphatic carbocycles. The third-order valence-corrected chi connectivity index (χ3v) is 4.26. The van der Waals surface area contributed by atoms with Crippen LogP contribution in [0.5, 0.6) is 0 Å². The Morgan fingerprint density at radius 2 is 1.62 bits per heavy atom. The number of aryl methyl sites for hydroxylation is 1. The molecule has 1 aromatic heterocycles. The molecule has 3 rings (SSSR count). The fourth-order valence-corrected chi connectivity index (χ4v) is 2.72. The number of benzene rings is 2. The van der Waals surface area contributed by atoms with Crippen molar-refractivity contribution in [1.82, 2.24) is 9.97 Å². The van der Waals surface area contributed by atoms with Crippen LogP contribution in [0.25, 0.3) is 22.6 Å². The molecule has 21 heavy (non-hydrogen) atoms. The van der Waals surface area contributed by atoms with Crippen molar-refractivity contribution in [1.29, 1.82) is 0 Å². The first-order valence-electron chi connectivity index (χ1n) is 6.60. The molecule has 0 unspecified atom stereocenters. The van der Waals surface area contributed by atoms with Crippen molar-refractivity contribution in [2.75, 3.05) is 5.73 Å². The summed E-state index contributed by atoms with van der Waals surface area (Å²) in [5.41, 5.74) is 10.2. The van der Waals surface area contributed by atoms with E-state index in [9.17, 15) is 0 Å². The van der Waals surface area contributed by atoms with Crippen molar-refractivity contribution >= 4 is 28.4 Å². The number of nitrogen functional groups attached to an aromatic ring is 1. The molecule has 0 saturated carbocycles. The highest BCUT2D eigenvalue weighted by molar-refractivity contribution is 14.1. The van der Waals surface area contributed by atoms with E-state index in [0.717, 1.165) is 20.4 Å². The summed E-state index contributed by atoms with van der Waals surface area (Å²) in [5.74, 6) is 1.18. The Kier molecular flexibility index (Phi) is 3.88. The van der Waals surface area contributed by atoms with Crippen molar-refractivity contribution in [3.63, 3.8) is 0 Å². The van der Waals surface area contributed by atoms with Gasteiger partial charge in [0.05, 0.1) is 9.26 Å². The minimum absolute atomic E-state index is 0.515. The van der Waals surface area contributed by atoms with Crippen LogP contribution in [-0.4, -0.2) is 9.97 Å². The average molecular weight is 387 g/mol. The molecule has 4 heteroatoms. The van der Waals surface area contributed by atoms with Gasteiger partial charge in [-0.15, -0.1) is 0 Å². The fourth-order valence-electron chi connectivity index (χ4n) is 2.17. The maximum absolute atomic E-state index is 6.08. The number of hydrogen-bond acceptors (Lipinski definition) is 3. The van der Waals surface area contributed by atoms with Crippen LogP contribution in [-0.2, 0) is 0 Å². The quantitative estimate of drug-likeness (QED) is 0.667. The lowest BCUT2D eigenvalue weighted by molar-refractivity contribution is 1.17. The Labute approximate surface area is 137 Å². The van der Waals surface area contributed by atoms with Crippen LogP contribution in [0.2, 0.25) is 0 Å². The molecule has 0 atom stereocenters. The second kappa shape index (κ2) is 5.81. The first-order valence-corrected chi connectivity index (χ1v) is 7.68. The minimum Gasteiger partial charge on any atom is -0.383 e.